The summed E-state index contributed by atoms with van der Waals surface area (Å²) in [5, 5.41) is 17.2. The monoisotopic (exact) mass is 202 g/mol. The molecule has 0 saturated carbocycles. The van der Waals surface area contributed by atoms with Crippen LogP contribution in [0.5, 0.6) is 0 Å². The van der Waals surface area contributed by atoms with Crippen molar-refractivity contribution < 1.29 is 19.8 Å². The van der Waals surface area contributed by atoms with E-state index in [1.165, 1.54) is 18.2 Å². The molecule has 0 radical (unpaired) electrons. The number of hydrogen-bond donors (Lipinski definition) is 2. The summed E-state index contributed by atoms with van der Waals surface area (Å²) in [5.74, 6) is -2.26. The van der Waals surface area contributed by atoms with E-state index in [0.29, 0.717) is 0 Å². The van der Waals surface area contributed by atoms with Gasteiger partial charge < -0.3 is 10.2 Å². The summed E-state index contributed by atoms with van der Waals surface area (Å²) < 4.78 is 0. The van der Waals surface area contributed by atoms with E-state index < -0.39 is 16.8 Å². The van der Waals surface area contributed by atoms with Gasteiger partial charge >= 0.3 is 11.9 Å². The topological polar surface area (TPSA) is 74.6 Å². The Morgan fingerprint density at radius 3 is 2.38 bits per heavy atom. The van der Waals surface area contributed by atoms with Gasteiger partial charge in [0.1, 0.15) is 0 Å². The van der Waals surface area contributed by atoms with Crippen LogP contribution < -0.4 is 0 Å². The fourth-order valence-electron chi connectivity index (χ4n) is 0.934. The Labute approximate surface area is 79.1 Å². The Hall–Kier alpha value is -1.29. The lowest BCUT2D eigenvalue weighted by molar-refractivity contribution is -0.139. The molecule has 0 heterocycles. The number of carboxylic acid groups (broad SMARTS) is 2. The summed E-state index contributed by atoms with van der Waals surface area (Å²) in [5.41, 5.74) is 0.0672. The summed E-state index contributed by atoms with van der Waals surface area (Å²) in [7, 11) is 0. The molecule has 0 fully saturated rings. The van der Waals surface area contributed by atoms with Crippen LogP contribution in [0, 0.1) is 0 Å². The van der Waals surface area contributed by atoms with Gasteiger partial charge in [-0.25, -0.2) is 9.59 Å². The van der Waals surface area contributed by atoms with Crippen LogP contribution >= 0.6 is 11.6 Å². The maximum atomic E-state index is 10.6. The highest BCUT2D eigenvalue weighted by atomic mass is 35.5. The zero-order valence-electron chi connectivity index (χ0n) is 6.53. The number of alkyl halides is 1. The van der Waals surface area contributed by atoms with Crippen LogP contribution in [-0.4, -0.2) is 27.0 Å². The molecule has 2 N–H and O–H groups in total. The molecule has 0 saturated heterocycles. The number of allylic oxidation sites excluding steroid dienone is 1. The highest BCUT2D eigenvalue weighted by Crippen LogP contribution is 2.28. The molecule has 1 unspecified atom stereocenters. The van der Waals surface area contributed by atoms with Crippen molar-refractivity contribution in [2.75, 3.05) is 0 Å². The van der Waals surface area contributed by atoms with Crippen LogP contribution in [0.4, 0.5) is 0 Å². The van der Waals surface area contributed by atoms with Crippen molar-refractivity contribution >= 4 is 23.5 Å². The van der Waals surface area contributed by atoms with E-state index in [1.807, 2.05) is 0 Å². The number of aliphatic carboxylic acids is 2. The smallest absolute Gasteiger partial charge is 0.335 e. The molecule has 4 nitrogen and oxygen atoms in total. The summed E-state index contributed by atoms with van der Waals surface area (Å²) in [6, 6.07) is 0. The minimum atomic E-state index is -1.49. The SMILES string of the molecule is O=C(O)C1=CCC(Cl)(C(=O)O)C=C1. The molecule has 1 aliphatic carbocycles. The fraction of sp³-hybridized carbons (Fsp3) is 0.250. The van der Waals surface area contributed by atoms with Gasteiger partial charge in [0.25, 0.3) is 0 Å². The third-order valence-electron chi connectivity index (χ3n) is 1.75. The van der Waals surface area contributed by atoms with E-state index >= 15 is 0 Å². The summed E-state index contributed by atoms with van der Waals surface area (Å²) in [4.78, 5) is 19.5. The molecular formula is C8H7ClO4. The molecule has 0 aromatic rings. The van der Waals surface area contributed by atoms with Crippen LogP contribution in [-0.2, 0) is 9.59 Å². The summed E-state index contributed by atoms with van der Waals surface area (Å²) >= 11 is 5.66. The first-order chi connectivity index (χ1) is 5.96. The van der Waals surface area contributed by atoms with E-state index in [9.17, 15) is 9.59 Å². The van der Waals surface area contributed by atoms with Crippen LogP contribution in [0.3, 0.4) is 0 Å². The van der Waals surface area contributed by atoms with E-state index in [1.54, 1.807) is 0 Å². The molecule has 1 atom stereocenters. The minimum Gasteiger partial charge on any atom is -0.480 e. The van der Waals surface area contributed by atoms with Gasteiger partial charge in [0.15, 0.2) is 4.87 Å². The Morgan fingerprint density at radius 2 is 2.08 bits per heavy atom. The lowest BCUT2D eigenvalue weighted by Crippen LogP contribution is -2.31. The number of carboxylic acids is 2. The van der Waals surface area contributed by atoms with E-state index in [4.69, 9.17) is 21.8 Å². The van der Waals surface area contributed by atoms with Crippen LogP contribution in [0.1, 0.15) is 6.42 Å². The number of carbonyl (C=O) groups is 2. The standard InChI is InChI=1S/C8H7ClO4/c9-8(7(12)13)3-1-5(2-4-8)6(10)11/h1-3H,4H2,(H,10,11)(H,12,13). The highest BCUT2D eigenvalue weighted by Gasteiger charge is 2.34. The van der Waals surface area contributed by atoms with Crippen LogP contribution in [0.15, 0.2) is 23.8 Å². The minimum absolute atomic E-state index is 0.0119. The molecule has 0 spiro atoms. The van der Waals surface area contributed by atoms with Gasteiger partial charge in [-0.3, -0.25) is 0 Å². The maximum Gasteiger partial charge on any atom is 0.335 e. The van der Waals surface area contributed by atoms with Gasteiger partial charge in [-0.15, -0.1) is 11.6 Å². The van der Waals surface area contributed by atoms with Crippen LogP contribution in [0.25, 0.3) is 0 Å². The van der Waals surface area contributed by atoms with Gasteiger partial charge in [-0.2, -0.15) is 0 Å². The third-order valence-corrected chi connectivity index (χ3v) is 2.19. The predicted molar refractivity (Wildman–Crippen MR) is 45.7 cm³/mol. The lowest BCUT2D eigenvalue weighted by atomic mass is 9.96. The lowest BCUT2D eigenvalue weighted by Gasteiger charge is -2.19. The Morgan fingerprint density at radius 1 is 1.46 bits per heavy atom. The molecule has 0 aliphatic heterocycles. The van der Waals surface area contributed by atoms with Gasteiger partial charge in [-0.05, 0) is 12.5 Å². The number of halogens is 1. The van der Waals surface area contributed by atoms with Crippen molar-refractivity contribution in [3.05, 3.63) is 23.8 Å². The average molecular weight is 203 g/mol. The second kappa shape index (κ2) is 3.22. The van der Waals surface area contributed by atoms with Crippen LogP contribution in [0.2, 0.25) is 0 Å². The van der Waals surface area contributed by atoms with Gasteiger partial charge in [0.2, 0.25) is 0 Å². The first-order valence-electron chi connectivity index (χ1n) is 3.51. The van der Waals surface area contributed by atoms with E-state index in [2.05, 4.69) is 0 Å². The average Bonchev–Trinajstić information content (AvgIpc) is 2.04. The molecule has 0 aromatic heterocycles. The number of hydrogen-bond acceptors (Lipinski definition) is 2. The molecule has 5 heteroatoms. The Kier molecular flexibility index (Phi) is 2.43. The summed E-state index contributed by atoms with van der Waals surface area (Å²) in [6.07, 6.45) is 3.67. The zero-order valence-corrected chi connectivity index (χ0v) is 7.28. The molecule has 0 bridgehead atoms. The molecule has 13 heavy (non-hydrogen) atoms. The first-order valence-corrected chi connectivity index (χ1v) is 3.88. The van der Waals surface area contributed by atoms with Crippen molar-refractivity contribution in [1.82, 2.24) is 0 Å². The molecule has 70 valence electrons. The Bertz CT molecular complexity index is 318. The predicted octanol–water partition coefficient (Wildman–Crippen LogP) is 1.02. The maximum absolute atomic E-state index is 10.6. The molecule has 0 aromatic carbocycles. The largest absolute Gasteiger partial charge is 0.480 e. The van der Waals surface area contributed by atoms with Crippen molar-refractivity contribution in [2.24, 2.45) is 0 Å². The second-order valence-corrected chi connectivity index (χ2v) is 3.34. The fourth-order valence-corrected chi connectivity index (χ4v) is 1.07. The van der Waals surface area contributed by atoms with E-state index in [-0.39, 0.29) is 12.0 Å². The molecule has 1 aliphatic rings. The normalized spacial score (nSPS) is 26.7. The zero-order chi connectivity index (χ0) is 10.1. The molecule has 1 rings (SSSR count). The van der Waals surface area contributed by atoms with E-state index in [0.717, 1.165) is 0 Å². The van der Waals surface area contributed by atoms with Crippen molar-refractivity contribution in [2.45, 2.75) is 11.3 Å². The number of rotatable bonds is 2. The van der Waals surface area contributed by atoms with Gasteiger partial charge in [-0.1, -0.05) is 12.2 Å². The molecular weight excluding hydrogens is 196 g/mol. The first kappa shape index (κ1) is 9.80. The molecule has 0 amide bonds. The van der Waals surface area contributed by atoms with Crippen molar-refractivity contribution in [3.8, 4) is 0 Å². The Balaban J connectivity index is 2.85. The van der Waals surface area contributed by atoms with Crippen molar-refractivity contribution in [3.63, 3.8) is 0 Å². The second-order valence-electron chi connectivity index (χ2n) is 2.67. The highest BCUT2D eigenvalue weighted by molar-refractivity contribution is 6.35. The van der Waals surface area contributed by atoms with Gasteiger partial charge in [0, 0.05) is 0 Å². The quantitative estimate of drug-likeness (QED) is 0.656. The van der Waals surface area contributed by atoms with Crippen molar-refractivity contribution in [1.29, 1.82) is 0 Å². The third kappa shape index (κ3) is 1.89. The summed E-state index contributed by atoms with van der Waals surface area (Å²) in [6.45, 7) is 0. The van der Waals surface area contributed by atoms with Gasteiger partial charge in [0.05, 0.1) is 5.57 Å².